The van der Waals surface area contributed by atoms with Crippen LogP contribution in [0.2, 0.25) is 0 Å². The van der Waals surface area contributed by atoms with Gasteiger partial charge in [0.1, 0.15) is 12.5 Å². The fourth-order valence-corrected chi connectivity index (χ4v) is 2.44. The summed E-state index contributed by atoms with van der Waals surface area (Å²) in [5.41, 5.74) is 1.86. The molecule has 6 heteroatoms. The van der Waals surface area contributed by atoms with Gasteiger partial charge >= 0.3 is 5.97 Å². The fraction of sp³-hybridized carbons (Fsp3) is 0.400. The summed E-state index contributed by atoms with van der Waals surface area (Å²) < 4.78 is 0. The third-order valence-electron chi connectivity index (χ3n) is 3.60. The van der Waals surface area contributed by atoms with E-state index in [0.717, 1.165) is 16.2 Å². The molecule has 0 saturated carbocycles. The summed E-state index contributed by atoms with van der Waals surface area (Å²) in [4.78, 5) is 37.8. The normalized spacial score (nSPS) is 17.9. The molecule has 1 unspecified atom stereocenters. The van der Waals surface area contributed by atoms with E-state index in [0.29, 0.717) is 13.0 Å². The van der Waals surface area contributed by atoms with Crippen molar-refractivity contribution in [2.24, 2.45) is 5.92 Å². The number of aliphatic carboxylic acids is 1. The molecule has 1 heterocycles. The number of carbonyl (C=O) groups is 3. The molecule has 6 nitrogen and oxygen atoms in total. The minimum atomic E-state index is -1.09. The van der Waals surface area contributed by atoms with E-state index < -0.39 is 24.3 Å². The Bertz CT molecular complexity index is 568. The number of hydrogen-bond acceptors (Lipinski definition) is 3. The summed E-state index contributed by atoms with van der Waals surface area (Å²) in [6.45, 7) is 2.04. The first kappa shape index (κ1) is 15.0. The molecule has 1 aliphatic heterocycles. The highest BCUT2D eigenvalue weighted by atomic mass is 16.4. The molecule has 0 bridgehead atoms. The lowest BCUT2D eigenvalue weighted by molar-refractivity contribution is -0.146. The Morgan fingerprint density at radius 1 is 1.33 bits per heavy atom. The van der Waals surface area contributed by atoms with Crippen molar-refractivity contribution in [3.63, 3.8) is 0 Å². The van der Waals surface area contributed by atoms with Gasteiger partial charge in [-0.3, -0.25) is 14.4 Å². The summed E-state index contributed by atoms with van der Waals surface area (Å²) in [6.07, 6.45) is 0.412. The Balaban J connectivity index is 2.09. The van der Waals surface area contributed by atoms with Crippen molar-refractivity contribution in [2.75, 3.05) is 25.0 Å². The van der Waals surface area contributed by atoms with Gasteiger partial charge in [-0.1, -0.05) is 17.7 Å². The number of aryl methyl sites for hydroxylation is 1. The Morgan fingerprint density at radius 3 is 2.52 bits per heavy atom. The lowest BCUT2D eigenvalue weighted by Crippen LogP contribution is -2.40. The molecule has 0 spiro atoms. The van der Waals surface area contributed by atoms with Gasteiger partial charge in [0.2, 0.25) is 11.8 Å². The van der Waals surface area contributed by atoms with Crippen molar-refractivity contribution in [2.45, 2.75) is 13.3 Å². The van der Waals surface area contributed by atoms with Gasteiger partial charge in [0.05, 0.1) is 0 Å². The molecule has 0 aliphatic carbocycles. The quantitative estimate of drug-likeness (QED) is 0.835. The number of amides is 2. The van der Waals surface area contributed by atoms with Crippen LogP contribution in [0.4, 0.5) is 5.69 Å². The lowest BCUT2D eigenvalue weighted by Gasteiger charge is -2.20. The summed E-state index contributed by atoms with van der Waals surface area (Å²) in [7, 11) is 1.40. The standard InChI is InChI=1S/C15H18N2O4/c1-10-3-5-11(6-4-10)17-8-7-12(15(17)21)14(20)16(2)9-13(18)19/h3-6,12H,7-9H2,1-2H3,(H,18,19). The number of likely N-dealkylation sites (N-methyl/N-ethyl adjacent to an activating group) is 1. The van der Waals surface area contributed by atoms with Gasteiger partial charge in [0.25, 0.3) is 0 Å². The van der Waals surface area contributed by atoms with Gasteiger partial charge in [0, 0.05) is 19.3 Å². The first-order valence-electron chi connectivity index (χ1n) is 6.75. The summed E-state index contributed by atoms with van der Waals surface area (Å²) >= 11 is 0. The van der Waals surface area contributed by atoms with E-state index in [-0.39, 0.29) is 5.91 Å². The summed E-state index contributed by atoms with van der Waals surface area (Å²) in [5, 5.41) is 8.71. The average molecular weight is 290 g/mol. The molecule has 21 heavy (non-hydrogen) atoms. The Morgan fingerprint density at radius 2 is 1.95 bits per heavy atom. The maximum atomic E-state index is 12.4. The van der Waals surface area contributed by atoms with E-state index in [1.54, 1.807) is 4.90 Å². The van der Waals surface area contributed by atoms with Crippen LogP contribution in [0.25, 0.3) is 0 Å². The number of carbonyl (C=O) groups excluding carboxylic acids is 2. The van der Waals surface area contributed by atoms with Crippen molar-refractivity contribution < 1.29 is 19.5 Å². The number of rotatable bonds is 4. The minimum Gasteiger partial charge on any atom is -0.480 e. The van der Waals surface area contributed by atoms with Gasteiger partial charge in [-0.05, 0) is 25.5 Å². The smallest absolute Gasteiger partial charge is 0.323 e. The molecule has 1 aromatic rings. The van der Waals surface area contributed by atoms with E-state index >= 15 is 0 Å². The van der Waals surface area contributed by atoms with Crippen LogP contribution in [0.1, 0.15) is 12.0 Å². The van der Waals surface area contributed by atoms with Crippen LogP contribution >= 0.6 is 0 Å². The number of nitrogens with zero attached hydrogens (tertiary/aromatic N) is 2. The second-order valence-corrected chi connectivity index (χ2v) is 5.25. The van der Waals surface area contributed by atoms with Crippen LogP contribution in [-0.4, -0.2) is 47.9 Å². The molecule has 112 valence electrons. The molecular formula is C15H18N2O4. The summed E-state index contributed by atoms with van der Waals surface area (Å²) in [6, 6.07) is 7.52. The SMILES string of the molecule is Cc1ccc(N2CCC(C(=O)N(C)CC(=O)O)C2=O)cc1. The summed E-state index contributed by atoms with van der Waals surface area (Å²) in [5.74, 6) is -2.57. The largest absolute Gasteiger partial charge is 0.480 e. The zero-order valence-electron chi connectivity index (χ0n) is 12.1. The second-order valence-electron chi connectivity index (χ2n) is 5.25. The molecule has 2 rings (SSSR count). The van der Waals surface area contributed by atoms with Crippen molar-refractivity contribution in [3.8, 4) is 0 Å². The molecular weight excluding hydrogens is 272 g/mol. The predicted octanol–water partition coefficient (Wildman–Crippen LogP) is 0.891. The zero-order valence-corrected chi connectivity index (χ0v) is 12.1. The number of carboxylic acids is 1. The highest BCUT2D eigenvalue weighted by Crippen LogP contribution is 2.26. The average Bonchev–Trinajstić information content (AvgIpc) is 2.80. The van der Waals surface area contributed by atoms with Gasteiger partial charge in [-0.25, -0.2) is 0 Å². The van der Waals surface area contributed by atoms with Gasteiger partial charge in [-0.2, -0.15) is 0 Å². The van der Waals surface area contributed by atoms with Crippen molar-refractivity contribution in [3.05, 3.63) is 29.8 Å². The lowest BCUT2D eigenvalue weighted by atomic mass is 10.1. The van der Waals surface area contributed by atoms with E-state index in [1.165, 1.54) is 7.05 Å². The van der Waals surface area contributed by atoms with Crippen LogP contribution < -0.4 is 4.90 Å². The highest BCUT2D eigenvalue weighted by Gasteiger charge is 2.39. The molecule has 1 fully saturated rings. The van der Waals surface area contributed by atoms with Gasteiger partial charge < -0.3 is 14.9 Å². The first-order valence-corrected chi connectivity index (χ1v) is 6.75. The molecule has 1 N–H and O–H groups in total. The third kappa shape index (κ3) is 3.21. The number of anilines is 1. The molecule has 1 saturated heterocycles. The zero-order chi connectivity index (χ0) is 15.6. The molecule has 2 amide bonds. The molecule has 1 atom stereocenters. The second kappa shape index (κ2) is 5.95. The maximum Gasteiger partial charge on any atom is 0.323 e. The number of benzene rings is 1. The van der Waals surface area contributed by atoms with E-state index in [2.05, 4.69) is 0 Å². The topological polar surface area (TPSA) is 77.9 Å². The molecule has 0 aromatic heterocycles. The van der Waals surface area contributed by atoms with Crippen molar-refractivity contribution >= 4 is 23.5 Å². The van der Waals surface area contributed by atoms with E-state index in [9.17, 15) is 14.4 Å². The fourth-order valence-electron chi connectivity index (χ4n) is 2.44. The Labute approximate surface area is 123 Å². The monoisotopic (exact) mass is 290 g/mol. The van der Waals surface area contributed by atoms with Crippen LogP contribution in [0.15, 0.2) is 24.3 Å². The molecule has 0 radical (unpaired) electrons. The van der Waals surface area contributed by atoms with Crippen molar-refractivity contribution in [1.82, 2.24) is 4.90 Å². The number of hydrogen-bond donors (Lipinski definition) is 1. The molecule has 1 aliphatic rings. The third-order valence-corrected chi connectivity index (χ3v) is 3.60. The van der Waals surface area contributed by atoms with Crippen molar-refractivity contribution in [1.29, 1.82) is 0 Å². The number of carboxylic acid groups (broad SMARTS) is 1. The van der Waals surface area contributed by atoms with E-state index in [4.69, 9.17) is 5.11 Å². The van der Waals surface area contributed by atoms with Crippen LogP contribution in [-0.2, 0) is 14.4 Å². The first-order chi connectivity index (χ1) is 9.90. The maximum absolute atomic E-state index is 12.4. The van der Waals surface area contributed by atoms with Crippen LogP contribution in [0.5, 0.6) is 0 Å². The van der Waals surface area contributed by atoms with Crippen LogP contribution in [0, 0.1) is 12.8 Å². The van der Waals surface area contributed by atoms with Crippen LogP contribution in [0.3, 0.4) is 0 Å². The predicted molar refractivity (Wildman–Crippen MR) is 76.9 cm³/mol. The molecule has 1 aromatic carbocycles. The highest BCUT2D eigenvalue weighted by molar-refractivity contribution is 6.09. The Kier molecular flexibility index (Phi) is 4.26. The Hall–Kier alpha value is -2.37. The van der Waals surface area contributed by atoms with Gasteiger partial charge in [-0.15, -0.1) is 0 Å². The van der Waals surface area contributed by atoms with E-state index in [1.807, 2.05) is 31.2 Å². The minimum absolute atomic E-state index is 0.263. The van der Waals surface area contributed by atoms with Gasteiger partial charge in [0.15, 0.2) is 0 Å².